The number of carbonyl (C=O) groups is 1. The Labute approximate surface area is 118 Å². The van der Waals surface area contributed by atoms with E-state index in [1.807, 2.05) is 43.3 Å². The minimum atomic E-state index is -0.708. The summed E-state index contributed by atoms with van der Waals surface area (Å²) in [5.41, 5.74) is 8.50. The number of nitrogens with two attached hydrogens (primary N) is 1. The Morgan fingerprint density at radius 1 is 1.15 bits per heavy atom. The van der Waals surface area contributed by atoms with E-state index in [1.54, 1.807) is 19.2 Å². The van der Waals surface area contributed by atoms with Crippen molar-refractivity contribution in [1.29, 1.82) is 0 Å². The smallest absolute Gasteiger partial charge is 0.245 e. The van der Waals surface area contributed by atoms with Gasteiger partial charge in [-0.15, -0.1) is 0 Å². The van der Waals surface area contributed by atoms with E-state index in [-0.39, 0.29) is 5.91 Å². The first-order valence-corrected chi connectivity index (χ1v) is 6.38. The van der Waals surface area contributed by atoms with Crippen LogP contribution in [0.25, 0.3) is 0 Å². The van der Waals surface area contributed by atoms with E-state index in [0.29, 0.717) is 11.4 Å². The standard InChI is InChI=1S/C16H18N2O2/c1-11-7-9-12(10-8-11)15(17)16(19)18-13-5-3-4-6-14(13)20-2/h3-10,15H,17H2,1-2H3,(H,18,19). The molecule has 3 N–H and O–H groups in total. The van der Waals surface area contributed by atoms with Crippen molar-refractivity contribution in [2.75, 3.05) is 12.4 Å². The van der Waals surface area contributed by atoms with Gasteiger partial charge in [-0.05, 0) is 24.6 Å². The highest BCUT2D eigenvalue weighted by Crippen LogP contribution is 2.24. The number of hydrogen-bond donors (Lipinski definition) is 2. The molecule has 0 fully saturated rings. The number of ether oxygens (including phenoxy) is 1. The van der Waals surface area contributed by atoms with Crippen molar-refractivity contribution in [2.45, 2.75) is 13.0 Å². The van der Waals surface area contributed by atoms with Crippen molar-refractivity contribution in [1.82, 2.24) is 0 Å². The first kappa shape index (κ1) is 14.1. The van der Waals surface area contributed by atoms with Gasteiger partial charge in [-0.1, -0.05) is 42.0 Å². The van der Waals surface area contributed by atoms with Crippen molar-refractivity contribution < 1.29 is 9.53 Å². The summed E-state index contributed by atoms with van der Waals surface area (Å²) >= 11 is 0. The minimum Gasteiger partial charge on any atom is -0.495 e. The zero-order chi connectivity index (χ0) is 14.5. The molecule has 4 heteroatoms. The van der Waals surface area contributed by atoms with Crippen LogP contribution in [0.15, 0.2) is 48.5 Å². The van der Waals surface area contributed by atoms with Crippen LogP contribution in [0.2, 0.25) is 0 Å². The van der Waals surface area contributed by atoms with Crippen LogP contribution in [-0.2, 0) is 4.79 Å². The summed E-state index contributed by atoms with van der Waals surface area (Å²) in [6.07, 6.45) is 0. The summed E-state index contributed by atoms with van der Waals surface area (Å²) in [4.78, 5) is 12.2. The first-order chi connectivity index (χ1) is 9.61. The summed E-state index contributed by atoms with van der Waals surface area (Å²) in [5, 5.41) is 2.79. The van der Waals surface area contributed by atoms with Crippen LogP contribution in [0, 0.1) is 6.92 Å². The maximum absolute atomic E-state index is 12.2. The lowest BCUT2D eigenvalue weighted by atomic mass is 10.1. The lowest BCUT2D eigenvalue weighted by molar-refractivity contribution is -0.117. The highest BCUT2D eigenvalue weighted by Gasteiger charge is 2.17. The molecule has 0 aliphatic carbocycles. The van der Waals surface area contributed by atoms with Crippen LogP contribution in [0.4, 0.5) is 5.69 Å². The monoisotopic (exact) mass is 270 g/mol. The van der Waals surface area contributed by atoms with Gasteiger partial charge in [0.15, 0.2) is 0 Å². The molecule has 0 aliphatic heterocycles. The zero-order valence-corrected chi connectivity index (χ0v) is 11.6. The molecule has 2 aromatic rings. The molecule has 0 aliphatic rings. The molecule has 0 aromatic heterocycles. The van der Waals surface area contributed by atoms with Gasteiger partial charge in [-0.25, -0.2) is 0 Å². The second kappa shape index (κ2) is 6.21. The highest BCUT2D eigenvalue weighted by molar-refractivity contribution is 5.96. The largest absolute Gasteiger partial charge is 0.495 e. The summed E-state index contributed by atoms with van der Waals surface area (Å²) in [7, 11) is 1.56. The van der Waals surface area contributed by atoms with Gasteiger partial charge >= 0.3 is 0 Å². The molecule has 1 amide bonds. The second-order valence-corrected chi connectivity index (χ2v) is 4.58. The van der Waals surface area contributed by atoms with Crippen LogP contribution < -0.4 is 15.8 Å². The van der Waals surface area contributed by atoms with E-state index in [9.17, 15) is 4.79 Å². The number of aryl methyl sites for hydroxylation is 1. The molecule has 0 bridgehead atoms. The molecule has 2 aromatic carbocycles. The van der Waals surface area contributed by atoms with Crippen LogP contribution in [-0.4, -0.2) is 13.0 Å². The number of benzene rings is 2. The Morgan fingerprint density at radius 2 is 1.80 bits per heavy atom. The van der Waals surface area contributed by atoms with Crippen LogP contribution in [0.5, 0.6) is 5.75 Å². The Hall–Kier alpha value is -2.33. The number of hydrogen-bond acceptors (Lipinski definition) is 3. The third-order valence-electron chi connectivity index (χ3n) is 3.08. The number of rotatable bonds is 4. The number of methoxy groups -OCH3 is 1. The van der Waals surface area contributed by atoms with Gasteiger partial charge in [-0.3, -0.25) is 4.79 Å². The minimum absolute atomic E-state index is 0.265. The average Bonchev–Trinajstić information content (AvgIpc) is 2.48. The molecule has 0 saturated heterocycles. The number of nitrogens with one attached hydrogen (secondary N) is 1. The predicted molar refractivity (Wildman–Crippen MR) is 79.7 cm³/mol. The third kappa shape index (κ3) is 3.16. The van der Waals surface area contributed by atoms with Gasteiger partial charge in [-0.2, -0.15) is 0 Å². The molecular weight excluding hydrogens is 252 g/mol. The van der Waals surface area contributed by atoms with Gasteiger partial charge in [0, 0.05) is 0 Å². The van der Waals surface area contributed by atoms with Crippen molar-refractivity contribution in [2.24, 2.45) is 5.73 Å². The Balaban J connectivity index is 2.13. The number of amides is 1. The SMILES string of the molecule is COc1ccccc1NC(=O)C(N)c1ccc(C)cc1. The van der Waals surface area contributed by atoms with E-state index in [2.05, 4.69) is 5.32 Å². The first-order valence-electron chi connectivity index (χ1n) is 6.38. The summed E-state index contributed by atoms with van der Waals surface area (Å²) in [5.74, 6) is 0.343. The van der Waals surface area contributed by atoms with Crippen molar-refractivity contribution in [3.05, 3.63) is 59.7 Å². The predicted octanol–water partition coefficient (Wildman–Crippen LogP) is 2.64. The van der Waals surface area contributed by atoms with Crippen LogP contribution in [0.1, 0.15) is 17.2 Å². The van der Waals surface area contributed by atoms with Crippen LogP contribution >= 0.6 is 0 Å². The number of para-hydroxylation sites is 2. The summed E-state index contributed by atoms with van der Waals surface area (Å²) in [6.45, 7) is 1.99. The molecule has 1 atom stereocenters. The van der Waals surface area contributed by atoms with E-state index in [1.165, 1.54) is 0 Å². The third-order valence-corrected chi connectivity index (χ3v) is 3.08. The van der Waals surface area contributed by atoms with Crippen LogP contribution in [0.3, 0.4) is 0 Å². The van der Waals surface area contributed by atoms with Gasteiger partial charge in [0.1, 0.15) is 11.8 Å². The van der Waals surface area contributed by atoms with Gasteiger partial charge < -0.3 is 15.8 Å². The second-order valence-electron chi connectivity index (χ2n) is 4.58. The molecular formula is C16H18N2O2. The number of carbonyl (C=O) groups excluding carboxylic acids is 1. The zero-order valence-electron chi connectivity index (χ0n) is 11.6. The maximum atomic E-state index is 12.2. The fourth-order valence-corrected chi connectivity index (χ4v) is 1.88. The fourth-order valence-electron chi connectivity index (χ4n) is 1.88. The summed E-state index contributed by atoms with van der Waals surface area (Å²) < 4.78 is 5.19. The molecule has 0 radical (unpaired) electrons. The Kier molecular flexibility index (Phi) is 4.38. The lowest BCUT2D eigenvalue weighted by Gasteiger charge is -2.14. The molecule has 104 valence electrons. The molecule has 20 heavy (non-hydrogen) atoms. The number of anilines is 1. The van der Waals surface area contributed by atoms with Crippen molar-refractivity contribution in [3.63, 3.8) is 0 Å². The van der Waals surface area contributed by atoms with Crippen molar-refractivity contribution in [3.8, 4) is 5.75 Å². The Morgan fingerprint density at radius 3 is 2.45 bits per heavy atom. The Bertz CT molecular complexity index is 594. The lowest BCUT2D eigenvalue weighted by Crippen LogP contribution is -2.27. The topological polar surface area (TPSA) is 64.3 Å². The van der Waals surface area contributed by atoms with E-state index < -0.39 is 6.04 Å². The van der Waals surface area contributed by atoms with Gasteiger partial charge in [0.25, 0.3) is 0 Å². The van der Waals surface area contributed by atoms with Gasteiger partial charge in [0.2, 0.25) is 5.91 Å². The van der Waals surface area contributed by atoms with E-state index in [4.69, 9.17) is 10.5 Å². The maximum Gasteiger partial charge on any atom is 0.245 e. The van der Waals surface area contributed by atoms with E-state index in [0.717, 1.165) is 11.1 Å². The quantitative estimate of drug-likeness (QED) is 0.897. The normalized spacial score (nSPS) is 11.8. The molecule has 1 unspecified atom stereocenters. The molecule has 0 spiro atoms. The average molecular weight is 270 g/mol. The van der Waals surface area contributed by atoms with Crippen molar-refractivity contribution >= 4 is 11.6 Å². The molecule has 0 saturated carbocycles. The molecule has 0 heterocycles. The molecule has 2 rings (SSSR count). The summed E-state index contributed by atoms with van der Waals surface area (Å²) in [6, 6.07) is 14.1. The molecule has 4 nitrogen and oxygen atoms in total. The van der Waals surface area contributed by atoms with E-state index >= 15 is 0 Å². The van der Waals surface area contributed by atoms with Gasteiger partial charge in [0.05, 0.1) is 12.8 Å². The fraction of sp³-hybridized carbons (Fsp3) is 0.188. The highest BCUT2D eigenvalue weighted by atomic mass is 16.5.